The van der Waals surface area contributed by atoms with Crippen molar-refractivity contribution in [1.29, 1.82) is 0 Å². The average molecular weight is 427 g/mol. The number of benzene rings is 2. The van der Waals surface area contributed by atoms with Crippen molar-refractivity contribution in [3.63, 3.8) is 0 Å². The second-order valence-electron chi connectivity index (χ2n) is 6.38. The molecule has 154 valence electrons. The predicted octanol–water partition coefficient (Wildman–Crippen LogP) is 2.95. The lowest BCUT2D eigenvalue weighted by Gasteiger charge is -2.17. The van der Waals surface area contributed by atoms with Crippen LogP contribution < -0.4 is 10.6 Å². The zero-order chi connectivity index (χ0) is 21.4. The molecule has 0 radical (unpaired) electrons. The molecule has 0 unspecified atom stereocenters. The van der Waals surface area contributed by atoms with Gasteiger partial charge in [-0.2, -0.15) is 13.2 Å². The molecular weight excluding hydrogens is 411 g/mol. The number of hydrogen-bond donors (Lipinski definition) is 2. The first kappa shape index (κ1) is 20.6. The van der Waals surface area contributed by atoms with Crippen molar-refractivity contribution in [2.75, 3.05) is 11.9 Å². The summed E-state index contributed by atoms with van der Waals surface area (Å²) in [7, 11) is -4.24. The minimum Gasteiger partial charge on any atom is -0.328 e. The van der Waals surface area contributed by atoms with Gasteiger partial charge >= 0.3 is 18.1 Å². The van der Waals surface area contributed by atoms with Gasteiger partial charge in [0.25, 0.3) is 10.0 Å². The third kappa shape index (κ3) is 4.19. The van der Waals surface area contributed by atoms with Gasteiger partial charge in [0.1, 0.15) is 0 Å². The van der Waals surface area contributed by atoms with Crippen molar-refractivity contribution >= 4 is 27.6 Å². The Balaban J connectivity index is 1.83. The highest BCUT2D eigenvalue weighted by atomic mass is 32.2. The molecular formula is C18H16F3N3O4S. The number of rotatable bonds is 4. The Kier molecular flexibility index (Phi) is 5.26. The maximum atomic E-state index is 12.9. The van der Waals surface area contributed by atoms with Crippen LogP contribution in [0.15, 0.2) is 53.4 Å². The van der Waals surface area contributed by atoms with E-state index >= 15 is 0 Å². The summed E-state index contributed by atoms with van der Waals surface area (Å²) in [4.78, 5) is 23.0. The highest BCUT2D eigenvalue weighted by Crippen LogP contribution is 2.28. The molecule has 2 N–H and O–H groups in total. The molecule has 2 aromatic carbocycles. The fourth-order valence-electron chi connectivity index (χ4n) is 2.85. The summed E-state index contributed by atoms with van der Waals surface area (Å²) in [6, 6.07) is 10.7. The fourth-order valence-corrected chi connectivity index (χ4v) is 4.29. The van der Waals surface area contributed by atoms with Crippen molar-refractivity contribution in [1.82, 2.24) is 9.62 Å². The smallest absolute Gasteiger partial charge is 0.328 e. The number of amides is 3. The molecule has 2 aromatic rings. The molecule has 1 fully saturated rings. The summed E-state index contributed by atoms with van der Waals surface area (Å²) in [5.41, 5.74) is 0.655. The molecule has 0 aromatic heterocycles. The number of sulfonamides is 1. The molecule has 1 atom stereocenters. The van der Waals surface area contributed by atoms with Gasteiger partial charge in [0.2, 0.25) is 0 Å². The molecule has 1 aliphatic rings. The Bertz CT molecular complexity index is 1060. The number of alkyl halides is 3. The number of nitrogens with one attached hydrogen (secondary N) is 2. The van der Waals surface area contributed by atoms with Gasteiger partial charge in [-0.1, -0.05) is 30.3 Å². The van der Waals surface area contributed by atoms with Crippen LogP contribution in [0, 0.1) is 6.92 Å². The van der Waals surface area contributed by atoms with E-state index in [1.165, 1.54) is 6.92 Å². The van der Waals surface area contributed by atoms with Crippen LogP contribution >= 0.6 is 0 Å². The third-order valence-corrected chi connectivity index (χ3v) is 6.11. The largest absolute Gasteiger partial charge is 0.471 e. The normalized spacial score (nSPS) is 17.2. The Morgan fingerprint density at radius 1 is 1.17 bits per heavy atom. The molecule has 3 amide bonds. The molecule has 3 rings (SSSR count). The monoisotopic (exact) mass is 427 g/mol. The molecule has 0 aliphatic carbocycles. The topological polar surface area (TPSA) is 95.6 Å². The Hall–Kier alpha value is -3.08. The van der Waals surface area contributed by atoms with E-state index in [4.69, 9.17) is 0 Å². The fraction of sp³-hybridized carbons (Fsp3) is 0.222. The van der Waals surface area contributed by atoms with Crippen LogP contribution in [-0.4, -0.2) is 37.4 Å². The van der Waals surface area contributed by atoms with Crippen LogP contribution in [0.2, 0.25) is 0 Å². The number of hydrogen-bond acceptors (Lipinski definition) is 4. The number of anilines is 1. The van der Waals surface area contributed by atoms with Gasteiger partial charge in [0.05, 0.1) is 17.5 Å². The highest BCUT2D eigenvalue weighted by molar-refractivity contribution is 7.89. The second-order valence-corrected chi connectivity index (χ2v) is 8.24. The number of carbonyl (C=O) groups excluding carboxylic acids is 2. The maximum absolute atomic E-state index is 12.9. The van der Waals surface area contributed by atoms with Crippen molar-refractivity contribution in [3.05, 3.63) is 59.7 Å². The lowest BCUT2D eigenvalue weighted by atomic mass is 10.1. The first-order valence-corrected chi connectivity index (χ1v) is 9.81. The van der Waals surface area contributed by atoms with Crippen LogP contribution in [0.25, 0.3) is 0 Å². The van der Waals surface area contributed by atoms with E-state index in [-0.39, 0.29) is 22.7 Å². The quantitative estimate of drug-likeness (QED) is 0.784. The molecule has 29 heavy (non-hydrogen) atoms. The lowest BCUT2D eigenvalue weighted by Crippen LogP contribution is -2.34. The Morgan fingerprint density at radius 3 is 2.41 bits per heavy atom. The van der Waals surface area contributed by atoms with Gasteiger partial charge in [-0.25, -0.2) is 17.5 Å². The van der Waals surface area contributed by atoms with Crippen LogP contribution in [0.3, 0.4) is 0 Å². The maximum Gasteiger partial charge on any atom is 0.471 e. The van der Waals surface area contributed by atoms with E-state index in [0.717, 1.165) is 23.8 Å². The van der Waals surface area contributed by atoms with Gasteiger partial charge < -0.3 is 10.6 Å². The van der Waals surface area contributed by atoms with E-state index < -0.39 is 34.2 Å². The first-order valence-electron chi connectivity index (χ1n) is 8.37. The standard InChI is InChI=1S/C18H16F3N3O4S/c1-11-9-13(7-8-14(11)22-16(25)18(19,20)21)29(27,28)24-10-15(23-17(24)26)12-5-3-2-4-6-12/h2-9,15H,10H2,1H3,(H,22,25)(H,23,26)/t15-/m1/s1. The molecule has 0 bridgehead atoms. The predicted molar refractivity (Wildman–Crippen MR) is 97.5 cm³/mol. The molecule has 11 heteroatoms. The van der Waals surface area contributed by atoms with E-state index in [1.54, 1.807) is 35.6 Å². The molecule has 7 nitrogen and oxygen atoms in total. The van der Waals surface area contributed by atoms with E-state index in [2.05, 4.69) is 5.32 Å². The molecule has 1 aliphatic heterocycles. The van der Waals surface area contributed by atoms with Gasteiger partial charge in [-0.3, -0.25) is 4.79 Å². The number of aryl methyl sites for hydroxylation is 1. The van der Waals surface area contributed by atoms with E-state index in [0.29, 0.717) is 4.31 Å². The lowest BCUT2D eigenvalue weighted by molar-refractivity contribution is -0.167. The summed E-state index contributed by atoms with van der Waals surface area (Å²) >= 11 is 0. The molecule has 0 spiro atoms. The first-order chi connectivity index (χ1) is 13.5. The zero-order valence-corrected chi connectivity index (χ0v) is 15.8. The summed E-state index contributed by atoms with van der Waals surface area (Å²) in [5, 5.41) is 4.27. The summed E-state index contributed by atoms with van der Waals surface area (Å²) < 4.78 is 63.6. The molecule has 1 saturated heterocycles. The van der Waals surface area contributed by atoms with Crippen molar-refractivity contribution < 1.29 is 31.2 Å². The van der Waals surface area contributed by atoms with Crippen LogP contribution in [0.4, 0.5) is 23.7 Å². The highest BCUT2D eigenvalue weighted by Gasteiger charge is 2.40. The minimum atomic E-state index is -5.07. The van der Waals surface area contributed by atoms with Gasteiger partial charge in [-0.15, -0.1) is 0 Å². The van der Waals surface area contributed by atoms with E-state index in [9.17, 15) is 31.2 Å². The Morgan fingerprint density at radius 2 is 1.83 bits per heavy atom. The van der Waals surface area contributed by atoms with Gasteiger partial charge in [-0.05, 0) is 36.2 Å². The Labute approximate surface area is 164 Å². The number of halogens is 3. The summed E-state index contributed by atoms with van der Waals surface area (Å²) in [6.07, 6.45) is -5.07. The van der Waals surface area contributed by atoms with Crippen molar-refractivity contribution in [2.24, 2.45) is 0 Å². The van der Waals surface area contributed by atoms with Crippen molar-refractivity contribution in [2.45, 2.75) is 24.0 Å². The number of urea groups is 1. The van der Waals surface area contributed by atoms with Gasteiger partial charge in [0, 0.05) is 5.69 Å². The second kappa shape index (κ2) is 7.39. The number of nitrogens with zero attached hydrogens (tertiary/aromatic N) is 1. The zero-order valence-electron chi connectivity index (χ0n) is 15.0. The summed E-state index contributed by atoms with van der Waals surface area (Å²) in [5.74, 6) is -2.17. The van der Waals surface area contributed by atoms with Crippen LogP contribution in [-0.2, 0) is 14.8 Å². The SMILES string of the molecule is Cc1cc(S(=O)(=O)N2C[C@H](c3ccccc3)NC2=O)ccc1NC(=O)C(F)(F)F. The van der Waals surface area contributed by atoms with Crippen molar-refractivity contribution in [3.8, 4) is 0 Å². The summed E-state index contributed by atoms with van der Waals surface area (Å²) in [6.45, 7) is 1.22. The van der Waals surface area contributed by atoms with Crippen LogP contribution in [0.5, 0.6) is 0 Å². The minimum absolute atomic E-state index is 0.0999. The van der Waals surface area contributed by atoms with Crippen LogP contribution in [0.1, 0.15) is 17.2 Å². The third-order valence-electron chi connectivity index (χ3n) is 4.37. The molecule has 1 heterocycles. The average Bonchev–Trinajstić information content (AvgIpc) is 3.05. The van der Waals surface area contributed by atoms with E-state index in [1.807, 2.05) is 0 Å². The molecule has 0 saturated carbocycles. The number of carbonyl (C=O) groups is 2. The van der Waals surface area contributed by atoms with Gasteiger partial charge in [0.15, 0.2) is 0 Å².